The first-order valence-corrected chi connectivity index (χ1v) is 10.2. The van der Waals surface area contributed by atoms with Crippen molar-refractivity contribution in [2.24, 2.45) is 0 Å². The van der Waals surface area contributed by atoms with Gasteiger partial charge in [-0.05, 0) is 57.7 Å². The minimum Gasteiger partial charge on any atom is -0.422 e. The monoisotopic (exact) mass is 458 g/mol. The van der Waals surface area contributed by atoms with Gasteiger partial charge >= 0.3 is 11.9 Å². The van der Waals surface area contributed by atoms with Crippen molar-refractivity contribution >= 4 is 29.2 Å². The zero-order valence-corrected chi connectivity index (χ0v) is 19.9. The SMILES string of the molecule is CC#CC(OC)OC(=O)C(C)N(c1cccc(NC(C)=O)c1)C(C)C(=O)OC(C#CC)OC. The van der Waals surface area contributed by atoms with Gasteiger partial charge in [0.25, 0.3) is 12.6 Å². The van der Waals surface area contributed by atoms with Crippen LogP contribution in [0.25, 0.3) is 0 Å². The molecule has 0 aliphatic heterocycles. The molecule has 1 aromatic carbocycles. The maximum Gasteiger partial charge on any atom is 0.331 e. The number of amides is 1. The molecule has 4 unspecified atom stereocenters. The second-order valence-corrected chi connectivity index (χ2v) is 6.79. The minimum absolute atomic E-state index is 0.263. The Labute approximate surface area is 194 Å². The van der Waals surface area contributed by atoms with Gasteiger partial charge in [-0.3, -0.25) is 4.79 Å². The Morgan fingerprint density at radius 1 is 0.909 bits per heavy atom. The quantitative estimate of drug-likeness (QED) is 0.324. The summed E-state index contributed by atoms with van der Waals surface area (Å²) in [6.07, 6.45) is -2.12. The van der Waals surface area contributed by atoms with Crippen molar-refractivity contribution in [3.8, 4) is 23.7 Å². The zero-order valence-electron chi connectivity index (χ0n) is 19.9. The number of benzene rings is 1. The van der Waals surface area contributed by atoms with Crippen molar-refractivity contribution in [2.45, 2.75) is 59.3 Å². The van der Waals surface area contributed by atoms with Gasteiger partial charge in [0.1, 0.15) is 12.1 Å². The van der Waals surface area contributed by atoms with Crippen molar-refractivity contribution in [1.82, 2.24) is 0 Å². The maximum atomic E-state index is 12.9. The summed E-state index contributed by atoms with van der Waals surface area (Å²) in [4.78, 5) is 38.8. The summed E-state index contributed by atoms with van der Waals surface area (Å²) in [5.41, 5.74) is 0.964. The van der Waals surface area contributed by atoms with E-state index in [0.29, 0.717) is 11.4 Å². The number of esters is 2. The average Bonchev–Trinajstić information content (AvgIpc) is 2.78. The molecule has 0 aliphatic carbocycles. The first-order chi connectivity index (χ1) is 15.7. The van der Waals surface area contributed by atoms with Crippen LogP contribution < -0.4 is 10.2 Å². The lowest BCUT2D eigenvalue weighted by molar-refractivity contribution is -0.166. The predicted molar refractivity (Wildman–Crippen MR) is 123 cm³/mol. The van der Waals surface area contributed by atoms with E-state index in [0.717, 1.165) is 0 Å². The first-order valence-electron chi connectivity index (χ1n) is 10.2. The molecule has 0 saturated carbocycles. The smallest absolute Gasteiger partial charge is 0.331 e. The fourth-order valence-electron chi connectivity index (χ4n) is 2.87. The van der Waals surface area contributed by atoms with Gasteiger partial charge < -0.3 is 29.2 Å². The highest BCUT2D eigenvalue weighted by atomic mass is 16.7. The number of anilines is 2. The van der Waals surface area contributed by atoms with Crippen molar-refractivity contribution < 1.29 is 33.3 Å². The number of carbonyl (C=O) groups is 3. The topological polar surface area (TPSA) is 103 Å². The molecule has 178 valence electrons. The molecule has 33 heavy (non-hydrogen) atoms. The van der Waals surface area contributed by atoms with E-state index in [1.54, 1.807) is 52.0 Å². The summed E-state index contributed by atoms with van der Waals surface area (Å²) < 4.78 is 20.8. The maximum absolute atomic E-state index is 12.9. The summed E-state index contributed by atoms with van der Waals surface area (Å²) in [6.45, 7) is 7.70. The standard InChI is InChI=1S/C24H30N2O7/c1-8-11-21(30-6)32-23(28)16(3)26(17(4)24(29)33-22(31-7)12-9-2)20-14-10-13-19(15-20)25-18(5)27/h10,13-17,21-22H,1-7H3,(H,25,27). The van der Waals surface area contributed by atoms with Crippen molar-refractivity contribution in [2.75, 3.05) is 24.4 Å². The van der Waals surface area contributed by atoms with Crippen LogP contribution in [0, 0.1) is 23.7 Å². The Balaban J connectivity index is 3.33. The van der Waals surface area contributed by atoms with Crippen LogP contribution in [-0.4, -0.2) is 56.7 Å². The van der Waals surface area contributed by atoms with E-state index in [2.05, 4.69) is 29.0 Å². The van der Waals surface area contributed by atoms with Gasteiger partial charge in [-0.2, -0.15) is 0 Å². The molecule has 0 heterocycles. The largest absolute Gasteiger partial charge is 0.422 e. The fourth-order valence-corrected chi connectivity index (χ4v) is 2.87. The number of nitrogens with one attached hydrogen (secondary N) is 1. The highest BCUT2D eigenvalue weighted by molar-refractivity contribution is 5.90. The number of nitrogens with zero attached hydrogens (tertiary/aromatic N) is 1. The van der Waals surface area contributed by atoms with E-state index in [1.807, 2.05) is 0 Å². The molecule has 0 aliphatic rings. The Bertz CT molecular complexity index is 907. The second kappa shape index (κ2) is 13.8. The van der Waals surface area contributed by atoms with Crippen LogP contribution >= 0.6 is 0 Å². The molecule has 1 rings (SSSR count). The Morgan fingerprint density at radius 2 is 1.39 bits per heavy atom. The number of ether oxygens (including phenoxy) is 4. The molecule has 4 atom stereocenters. The Hall–Kier alpha value is -3.53. The van der Waals surface area contributed by atoms with Crippen LogP contribution in [-0.2, 0) is 33.3 Å². The van der Waals surface area contributed by atoms with Crippen molar-refractivity contribution in [1.29, 1.82) is 0 Å². The van der Waals surface area contributed by atoms with Crippen LogP contribution in [0.5, 0.6) is 0 Å². The van der Waals surface area contributed by atoms with E-state index >= 15 is 0 Å². The van der Waals surface area contributed by atoms with E-state index in [9.17, 15) is 14.4 Å². The average molecular weight is 459 g/mol. The number of hydrogen-bond acceptors (Lipinski definition) is 8. The van der Waals surface area contributed by atoms with Crippen LogP contribution in [0.1, 0.15) is 34.6 Å². The zero-order chi connectivity index (χ0) is 25.0. The molecule has 0 fully saturated rings. The van der Waals surface area contributed by atoms with Crippen LogP contribution in [0.4, 0.5) is 11.4 Å². The molecule has 9 nitrogen and oxygen atoms in total. The predicted octanol–water partition coefficient (Wildman–Crippen LogP) is 2.31. The molecule has 0 bridgehead atoms. The highest BCUT2D eigenvalue weighted by Gasteiger charge is 2.34. The molecule has 1 amide bonds. The van der Waals surface area contributed by atoms with E-state index in [-0.39, 0.29) is 5.91 Å². The normalized spacial score (nSPS) is 13.5. The number of rotatable bonds is 10. The summed E-state index contributed by atoms with van der Waals surface area (Å²) in [5, 5.41) is 2.68. The second-order valence-electron chi connectivity index (χ2n) is 6.79. The number of hydrogen-bond donors (Lipinski definition) is 1. The van der Waals surface area contributed by atoms with Gasteiger partial charge in [0.05, 0.1) is 0 Å². The summed E-state index contributed by atoms with van der Waals surface area (Å²) >= 11 is 0. The van der Waals surface area contributed by atoms with E-state index in [4.69, 9.17) is 18.9 Å². The van der Waals surface area contributed by atoms with Crippen molar-refractivity contribution in [3.05, 3.63) is 24.3 Å². The molecule has 0 radical (unpaired) electrons. The summed E-state index contributed by atoms with van der Waals surface area (Å²) in [6, 6.07) is 4.80. The third-order valence-corrected chi connectivity index (χ3v) is 4.38. The Morgan fingerprint density at radius 3 is 1.79 bits per heavy atom. The van der Waals surface area contributed by atoms with Gasteiger partial charge in [0.15, 0.2) is 0 Å². The van der Waals surface area contributed by atoms with Crippen molar-refractivity contribution in [3.63, 3.8) is 0 Å². The molecular weight excluding hydrogens is 428 g/mol. The van der Waals surface area contributed by atoms with Gasteiger partial charge in [-0.25, -0.2) is 9.59 Å². The third-order valence-electron chi connectivity index (χ3n) is 4.38. The summed E-state index contributed by atoms with van der Waals surface area (Å²) in [7, 11) is 2.72. The molecular formula is C24H30N2O7. The van der Waals surface area contributed by atoms with Crippen LogP contribution in [0.2, 0.25) is 0 Å². The molecule has 1 aromatic rings. The van der Waals surface area contributed by atoms with E-state index < -0.39 is 36.6 Å². The molecule has 0 saturated heterocycles. The number of methoxy groups -OCH3 is 2. The lowest BCUT2D eigenvalue weighted by Crippen LogP contribution is -2.50. The lowest BCUT2D eigenvalue weighted by Gasteiger charge is -2.34. The number of carbonyl (C=O) groups excluding carboxylic acids is 3. The first kappa shape index (κ1) is 27.5. The summed E-state index contributed by atoms with van der Waals surface area (Å²) in [5.74, 6) is 8.88. The Kier molecular flexibility index (Phi) is 11.5. The lowest BCUT2D eigenvalue weighted by atomic mass is 10.1. The van der Waals surface area contributed by atoms with Gasteiger partial charge in [-0.15, -0.1) is 11.8 Å². The molecule has 0 aromatic heterocycles. The highest BCUT2D eigenvalue weighted by Crippen LogP contribution is 2.25. The molecule has 1 N–H and O–H groups in total. The minimum atomic E-state index is -1.06. The van der Waals surface area contributed by atoms with Gasteiger partial charge in [-0.1, -0.05) is 6.07 Å². The van der Waals surface area contributed by atoms with Gasteiger partial charge in [0.2, 0.25) is 5.91 Å². The third kappa shape index (κ3) is 8.49. The van der Waals surface area contributed by atoms with Crippen LogP contribution in [0.3, 0.4) is 0 Å². The molecule has 9 heteroatoms. The molecule has 0 spiro atoms. The van der Waals surface area contributed by atoms with E-state index in [1.165, 1.54) is 26.0 Å². The van der Waals surface area contributed by atoms with Gasteiger partial charge in [0, 0.05) is 32.5 Å². The van der Waals surface area contributed by atoms with Crippen LogP contribution in [0.15, 0.2) is 24.3 Å². The fraction of sp³-hybridized carbons (Fsp3) is 0.458.